The number of benzene rings is 1. The van der Waals surface area contributed by atoms with Crippen LogP contribution < -0.4 is 10.2 Å². The molecule has 0 spiro atoms. The second kappa shape index (κ2) is 5.77. The van der Waals surface area contributed by atoms with Gasteiger partial charge in [0.05, 0.1) is 11.4 Å². The van der Waals surface area contributed by atoms with Crippen molar-refractivity contribution < 1.29 is 13.2 Å². The van der Waals surface area contributed by atoms with Gasteiger partial charge < -0.3 is 10.2 Å². The fraction of sp³-hybridized carbons (Fsp3) is 0.231. The normalized spacial score (nSPS) is 11.3. The molecular weight excluding hydrogens is 305 g/mol. The van der Waals surface area contributed by atoms with E-state index in [4.69, 9.17) is 11.6 Å². The van der Waals surface area contributed by atoms with Gasteiger partial charge in [-0.05, 0) is 12.1 Å². The molecule has 0 saturated heterocycles. The number of hydrogen-bond acceptors (Lipinski definition) is 4. The third kappa shape index (κ3) is 3.75. The predicted octanol–water partition coefficient (Wildman–Crippen LogP) is 3.96. The molecule has 0 amide bonds. The second-order valence-electron chi connectivity index (χ2n) is 4.43. The quantitative estimate of drug-likeness (QED) is 0.870. The standard InChI is InChI=1S/C13H12ClF3N4/c1-21(2)9-6-4-3-5-8(9)18-11-7-10(14)19-12(20-11)13(15,16)17/h3-7H,1-2H3,(H,18,19,20). The Labute approximate surface area is 124 Å². The Bertz CT molecular complexity index is 644. The van der Waals surface area contributed by atoms with Crippen LogP contribution in [0.25, 0.3) is 0 Å². The monoisotopic (exact) mass is 316 g/mol. The molecule has 0 bridgehead atoms. The zero-order valence-electron chi connectivity index (χ0n) is 11.2. The number of anilines is 3. The Morgan fingerprint density at radius 3 is 2.43 bits per heavy atom. The molecule has 112 valence electrons. The summed E-state index contributed by atoms with van der Waals surface area (Å²) in [7, 11) is 3.66. The minimum atomic E-state index is -4.65. The van der Waals surface area contributed by atoms with Crippen LogP contribution in [0.5, 0.6) is 0 Å². The van der Waals surface area contributed by atoms with E-state index in [1.807, 2.05) is 31.1 Å². The van der Waals surface area contributed by atoms with Gasteiger partial charge in [-0.1, -0.05) is 23.7 Å². The van der Waals surface area contributed by atoms with E-state index in [-0.39, 0.29) is 11.0 Å². The highest BCUT2D eigenvalue weighted by atomic mass is 35.5. The van der Waals surface area contributed by atoms with Crippen LogP contribution in [0.2, 0.25) is 5.15 Å². The van der Waals surface area contributed by atoms with Crippen molar-refractivity contribution in [2.45, 2.75) is 6.18 Å². The Hall–Kier alpha value is -2.02. The number of hydrogen-bond donors (Lipinski definition) is 1. The van der Waals surface area contributed by atoms with E-state index in [1.54, 1.807) is 12.1 Å². The number of nitrogens with one attached hydrogen (secondary N) is 1. The van der Waals surface area contributed by atoms with E-state index in [9.17, 15) is 13.2 Å². The van der Waals surface area contributed by atoms with E-state index < -0.39 is 12.0 Å². The van der Waals surface area contributed by atoms with Crippen LogP contribution in [0.3, 0.4) is 0 Å². The molecule has 2 aromatic rings. The summed E-state index contributed by atoms with van der Waals surface area (Å²) in [6, 6.07) is 8.40. The van der Waals surface area contributed by atoms with Gasteiger partial charge in [-0.2, -0.15) is 13.2 Å². The molecular formula is C13H12ClF3N4. The second-order valence-corrected chi connectivity index (χ2v) is 4.82. The maximum Gasteiger partial charge on any atom is 0.451 e. The fourth-order valence-electron chi connectivity index (χ4n) is 1.72. The molecule has 0 aliphatic carbocycles. The molecule has 1 heterocycles. The largest absolute Gasteiger partial charge is 0.451 e. The molecule has 0 unspecified atom stereocenters. The molecule has 0 radical (unpaired) electrons. The molecule has 1 aromatic carbocycles. The van der Waals surface area contributed by atoms with Gasteiger partial charge in [-0.15, -0.1) is 0 Å². The Morgan fingerprint density at radius 2 is 1.81 bits per heavy atom. The van der Waals surface area contributed by atoms with Crippen molar-refractivity contribution in [2.24, 2.45) is 0 Å². The van der Waals surface area contributed by atoms with Crippen molar-refractivity contribution in [2.75, 3.05) is 24.3 Å². The maximum atomic E-state index is 12.7. The summed E-state index contributed by atoms with van der Waals surface area (Å²) in [4.78, 5) is 8.46. The average Bonchev–Trinajstić information content (AvgIpc) is 2.37. The highest BCUT2D eigenvalue weighted by molar-refractivity contribution is 6.29. The molecule has 0 saturated carbocycles. The molecule has 1 aromatic heterocycles. The van der Waals surface area contributed by atoms with E-state index in [1.165, 1.54) is 6.07 Å². The number of alkyl halides is 3. The van der Waals surface area contributed by atoms with Crippen LogP contribution in [0.15, 0.2) is 30.3 Å². The lowest BCUT2D eigenvalue weighted by Crippen LogP contribution is -2.14. The average molecular weight is 317 g/mol. The summed E-state index contributed by atoms with van der Waals surface area (Å²) in [6.07, 6.45) is -4.65. The molecule has 0 aliphatic rings. The summed E-state index contributed by atoms with van der Waals surface area (Å²) >= 11 is 5.62. The van der Waals surface area contributed by atoms with Crippen LogP contribution in [0.4, 0.5) is 30.4 Å². The highest BCUT2D eigenvalue weighted by Gasteiger charge is 2.35. The molecule has 2 rings (SSSR count). The number of para-hydroxylation sites is 2. The molecule has 8 heteroatoms. The van der Waals surface area contributed by atoms with Gasteiger partial charge in [-0.25, -0.2) is 9.97 Å². The molecule has 1 N–H and O–H groups in total. The zero-order chi connectivity index (χ0) is 15.6. The summed E-state index contributed by atoms with van der Waals surface area (Å²) in [5.41, 5.74) is 1.42. The minimum absolute atomic E-state index is 0.0170. The van der Waals surface area contributed by atoms with E-state index >= 15 is 0 Å². The van der Waals surface area contributed by atoms with Crippen molar-refractivity contribution in [3.05, 3.63) is 41.3 Å². The van der Waals surface area contributed by atoms with Crippen molar-refractivity contribution in [1.29, 1.82) is 0 Å². The van der Waals surface area contributed by atoms with Crippen LogP contribution in [-0.2, 0) is 6.18 Å². The molecule has 4 nitrogen and oxygen atoms in total. The number of aromatic nitrogens is 2. The van der Waals surface area contributed by atoms with Gasteiger partial charge in [0.1, 0.15) is 11.0 Å². The van der Waals surface area contributed by atoms with Crippen LogP contribution in [0, 0.1) is 0 Å². The molecule has 0 aliphatic heterocycles. The number of rotatable bonds is 3. The topological polar surface area (TPSA) is 41.0 Å². The maximum absolute atomic E-state index is 12.7. The highest BCUT2D eigenvalue weighted by Crippen LogP contribution is 2.31. The number of halogens is 4. The lowest BCUT2D eigenvalue weighted by atomic mass is 10.2. The van der Waals surface area contributed by atoms with Crippen molar-refractivity contribution in [3.63, 3.8) is 0 Å². The summed E-state index contributed by atoms with van der Waals surface area (Å²) < 4.78 is 38.0. The molecule has 0 atom stereocenters. The first-order chi connectivity index (χ1) is 9.77. The first-order valence-electron chi connectivity index (χ1n) is 5.92. The zero-order valence-corrected chi connectivity index (χ0v) is 12.0. The van der Waals surface area contributed by atoms with Crippen LogP contribution in [0.1, 0.15) is 5.82 Å². The van der Waals surface area contributed by atoms with Gasteiger partial charge in [0, 0.05) is 20.2 Å². The van der Waals surface area contributed by atoms with Gasteiger partial charge in [0.2, 0.25) is 5.82 Å². The van der Waals surface area contributed by atoms with Gasteiger partial charge >= 0.3 is 6.18 Å². The third-order valence-corrected chi connectivity index (χ3v) is 2.79. The Morgan fingerprint density at radius 1 is 1.14 bits per heavy atom. The first-order valence-corrected chi connectivity index (χ1v) is 6.30. The lowest BCUT2D eigenvalue weighted by molar-refractivity contribution is -0.144. The predicted molar refractivity (Wildman–Crippen MR) is 76.1 cm³/mol. The van der Waals surface area contributed by atoms with Crippen LogP contribution in [-0.4, -0.2) is 24.1 Å². The van der Waals surface area contributed by atoms with E-state index in [0.717, 1.165) is 5.69 Å². The van der Waals surface area contributed by atoms with Gasteiger partial charge in [0.15, 0.2) is 0 Å². The van der Waals surface area contributed by atoms with Crippen molar-refractivity contribution >= 4 is 28.8 Å². The molecule has 21 heavy (non-hydrogen) atoms. The van der Waals surface area contributed by atoms with Crippen LogP contribution >= 0.6 is 11.6 Å². The summed E-state index contributed by atoms with van der Waals surface area (Å²) in [5.74, 6) is -1.29. The minimum Gasteiger partial charge on any atom is -0.376 e. The van der Waals surface area contributed by atoms with Crippen molar-refractivity contribution in [1.82, 2.24) is 9.97 Å². The smallest absolute Gasteiger partial charge is 0.376 e. The van der Waals surface area contributed by atoms with Gasteiger partial charge in [0.25, 0.3) is 0 Å². The summed E-state index contributed by atoms with van der Waals surface area (Å²) in [5, 5.41) is 2.55. The third-order valence-electron chi connectivity index (χ3n) is 2.60. The lowest BCUT2D eigenvalue weighted by Gasteiger charge is -2.18. The first kappa shape index (κ1) is 15.4. The SMILES string of the molecule is CN(C)c1ccccc1Nc1cc(Cl)nc(C(F)(F)F)n1. The Kier molecular flexibility index (Phi) is 4.22. The Balaban J connectivity index is 2.39. The van der Waals surface area contributed by atoms with Gasteiger partial charge in [-0.3, -0.25) is 0 Å². The fourth-order valence-corrected chi connectivity index (χ4v) is 1.90. The van der Waals surface area contributed by atoms with E-state index in [2.05, 4.69) is 15.3 Å². The van der Waals surface area contributed by atoms with Crippen molar-refractivity contribution in [3.8, 4) is 0 Å². The molecule has 0 fully saturated rings. The number of nitrogens with zero attached hydrogens (tertiary/aromatic N) is 3. The van der Waals surface area contributed by atoms with E-state index in [0.29, 0.717) is 5.69 Å². The summed E-state index contributed by atoms with van der Waals surface area (Å²) in [6.45, 7) is 0.